The molecule has 0 atom stereocenters. The molecule has 1 fully saturated rings. The van der Waals surface area contributed by atoms with Gasteiger partial charge in [0.15, 0.2) is 5.11 Å². The monoisotopic (exact) mass is 584 g/mol. The summed E-state index contributed by atoms with van der Waals surface area (Å²) < 4.78 is 29.9. The summed E-state index contributed by atoms with van der Waals surface area (Å²) in [7, 11) is 2.82. The largest absolute Gasteiger partial charge is 0.497 e. The summed E-state index contributed by atoms with van der Waals surface area (Å²) in [5.74, 6) is -0.0815. The Balaban J connectivity index is 1.61. The Morgan fingerprint density at radius 3 is 2.49 bits per heavy atom. The van der Waals surface area contributed by atoms with Crippen LogP contribution in [0.5, 0.6) is 11.5 Å². The topological polar surface area (TPSA) is 68.3 Å². The Labute approximate surface area is 227 Å². The van der Waals surface area contributed by atoms with Crippen molar-refractivity contribution >= 4 is 56.9 Å². The Bertz CT molecular complexity index is 1380. The van der Waals surface area contributed by atoms with E-state index in [1.165, 1.54) is 29.0 Å². The normalized spacial score (nSPS) is 14.3. The molecule has 3 aromatic rings. The Kier molecular flexibility index (Phi) is 8.20. The number of hydrogen-bond donors (Lipinski definition) is 0. The molecule has 0 saturated carbocycles. The maximum Gasteiger partial charge on any atom is 0.325 e. The van der Waals surface area contributed by atoms with Gasteiger partial charge in [-0.1, -0.05) is 18.2 Å². The lowest BCUT2D eigenvalue weighted by molar-refractivity contribution is -0.140. The quantitative estimate of drug-likeness (QED) is 0.201. The highest BCUT2D eigenvalue weighted by Gasteiger charge is 2.40. The Hall–Kier alpha value is -3.76. The SMILES string of the molecule is COC(=O)CN1C(=S)N(c2ccc(OC)cc2)C(=O)/C1=C/c1ccc(OCc2cccc(F)c2)c(Br)c1. The van der Waals surface area contributed by atoms with Gasteiger partial charge in [0.25, 0.3) is 5.91 Å². The second-order valence-corrected chi connectivity index (χ2v) is 9.14. The molecule has 1 aliphatic heterocycles. The lowest BCUT2D eigenvalue weighted by Gasteiger charge is -2.19. The van der Waals surface area contributed by atoms with E-state index in [1.54, 1.807) is 67.8 Å². The molecule has 0 unspecified atom stereocenters. The molecular formula is C27H22BrFN2O5S. The maximum absolute atomic E-state index is 13.5. The first-order valence-corrected chi connectivity index (χ1v) is 12.3. The van der Waals surface area contributed by atoms with Gasteiger partial charge in [-0.05, 0) is 93.9 Å². The standard InChI is InChI=1S/C27H22BrFN2O5S/c1-34-21-9-7-20(8-10-21)31-26(33)23(30(27(31)37)15-25(32)35-2)14-17-6-11-24(22(28)13-17)36-16-18-4-3-5-19(29)12-18/h3-14H,15-16H2,1-2H3/b23-14-. The molecule has 3 aromatic carbocycles. The molecule has 10 heteroatoms. The number of nitrogens with zero attached hydrogens (tertiary/aromatic N) is 2. The van der Waals surface area contributed by atoms with Crippen molar-refractivity contribution in [3.8, 4) is 11.5 Å². The highest BCUT2D eigenvalue weighted by atomic mass is 79.9. The minimum atomic E-state index is -0.542. The lowest BCUT2D eigenvalue weighted by Crippen LogP contribution is -2.35. The fourth-order valence-corrected chi connectivity index (χ4v) is 4.52. The van der Waals surface area contributed by atoms with Crippen LogP contribution >= 0.6 is 28.1 Å². The summed E-state index contributed by atoms with van der Waals surface area (Å²) in [4.78, 5) is 28.4. The molecule has 0 spiro atoms. The minimum absolute atomic E-state index is 0.154. The highest BCUT2D eigenvalue weighted by molar-refractivity contribution is 9.10. The van der Waals surface area contributed by atoms with Gasteiger partial charge in [-0.2, -0.15) is 0 Å². The van der Waals surface area contributed by atoms with Crippen molar-refractivity contribution in [3.05, 3.63) is 93.8 Å². The van der Waals surface area contributed by atoms with E-state index in [-0.39, 0.29) is 35.7 Å². The molecule has 4 rings (SSSR count). The number of carbonyl (C=O) groups excluding carboxylic acids is 2. The van der Waals surface area contributed by atoms with Crippen LogP contribution in [-0.2, 0) is 20.9 Å². The molecule has 0 N–H and O–H groups in total. The molecule has 0 aliphatic carbocycles. The molecule has 0 radical (unpaired) electrons. The van der Waals surface area contributed by atoms with Gasteiger partial charge in [0.2, 0.25) is 0 Å². The number of thiocarbonyl (C=S) groups is 1. The number of esters is 1. The summed E-state index contributed by atoms with van der Waals surface area (Å²) in [6, 6.07) is 18.3. The second-order valence-electron chi connectivity index (χ2n) is 7.92. The van der Waals surface area contributed by atoms with E-state index in [4.69, 9.17) is 26.4 Å². The third-order valence-electron chi connectivity index (χ3n) is 5.52. The van der Waals surface area contributed by atoms with E-state index in [0.29, 0.717) is 32.8 Å². The van der Waals surface area contributed by atoms with Crippen LogP contribution in [0.25, 0.3) is 6.08 Å². The fourth-order valence-electron chi connectivity index (χ4n) is 3.66. The molecule has 1 heterocycles. The summed E-state index contributed by atoms with van der Waals surface area (Å²) in [6.45, 7) is -0.0388. The van der Waals surface area contributed by atoms with E-state index < -0.39 is 5.97 Å². The van der Waals surface area contributed by atoms with Crippen LogP contribution in [0.15, 0.2) is 76.9 Å². The van der Waals surface area contributed by atoms with Gasteiger partial charge >= 0.3 is 5.97 Å². The van der Waals surface area contributed by atoms with Crippen molar-refractivity contribution < 1.29 is 28.2 Å². The van der Waals surface area contributed by atoms with Crippen LogP contribution in [0.3, 0.4) is 0 Å². The number of anilines is 1. The van der Waals surface area contributed by atoms with Crippen LogP contribution in [0.2, 0.25) is 0 Å². The van der Waals surface area contributed by atoms with Crippen LogP contribution in [0.1, 0.15) is 11.1 Å². The van der Waals surface area contributed by atoms with Gasteiger partial charge < -0.3 is 19.1 Å². The zero-order chi connectivity index (χ0) is 26.5. The zero-order valence-corrected chi connectivity index (χ0v) is 22.3. The number of methoxy groups -OCH3 is 2. The van der Waals surface area contributed by atoms with Crippen molar-refractivity contribution in [1.82, 2.24) is 4.90 Å². The number of carbonyl (C=O) groups is 2. The molecule has 1 saturated heterocycles. The minimum Gasteiger partial charge on any atom is -0.497 e. The number of ether oxygens (including phenoxy) is 3. The molecule has 1 aliphatic rings. The van der Waals surface area contributed by atoms with Crippen molar-refractivity contribution in [2.24, 2.45) is 0 Å². The van der Waals surface area contributed by atoms with Gasteiger partial charge in [-0.25, -0.2) is 4.39 Å². The van der Waals surface area contributed by atoms with Crippen LogP contribution < -0.4 is 14.4 Å². The van der Waals surface area contributed by atoms with Gasteiger partial charge in [0, 0.05) is 0 Å². The van der Waals surface area contributed by atoms with E-state index in [2.05, 4.69) is 15.9 Å². The van der Waals surface area contributed by atoms with E-state index >= 15 is 0 Å². The highest BCUT2D eigenvalue weighted by Crippen LogP contribution is 2.32. The zero-order valence-electron chi connectivity index (χ0n) is 19.9. The summed E-state index contributed by atoms with van der Waals surface area (Å²) in [5.41, 5.74) is 2.12. The molecule has 1 amide bonds. The summed E-state index contributed by atoms with van der Waals surface area (Å²) >= 11 is 9.06. The molecular weight excluding hydrogens is 563 g/mol. The van der Waals surface area contributed by atoms with E-state index in [1.807, 2.05) is 0 Å². The van der Waals surface area contributed by atoms with Gasteiger partial charge in [-0.15, -0.1) is 0 Å². The number of halogens is 2. The van der Waals surface area contributed by atoms with Crippen LogP contribution in [0.4, 0.5) is 10.1 Å². The van der Waals surface area contributed by atoms with Crippen molar-refractivity contribution in [1.29, 1.82) is 0 Å². The first-order chi connectivity index (χ1) is 17.8. The Morgan fingerprint density at radius 2 is 1.84 bits per heavy atom. The van der Waals surface area contributed by atoms with E-state index in [0.717, 1.165) is 0 Å². The fraction of sp³-hybridized carbons (Fsp3) is 0.148. The first-order valence-electron chi connectivity index (χ1n) is 11.1. The third kappa shape index (κ3) is 5.98. The molecule has 0 aromatic heterocycles. The average Bonchev–Trinajstić information content (AvgIpc) is 3.12. The smallest absolute Gasteiger partial charge is 0.325 e. The molecule has 37 heavy (non-hydrogen) atoms. The van der Waals surface area contributed by atoms with Crippen LogP contribution in [-0.4, -0.2) is 42.7 Å². The average molecular weight is 585 g/mol. The number of rotatable bonds is 8. The van der Waals surface area contributed by atoms with Crippen molar-refractivity contribution in [2.75, 3.05) is 25.7 Å². The predicted octanol–water partition coefficient (Wildman–Crippen LogP) is 5.32. The summed E-state index contributed by atoms with van der Waals surface area (Å²) in [6.07, 6.45) is 1.64. The second kappa shape index (κ2) is 11.5. The molecule has 0 bridgehead atoms. The van der Waals surface area contributed by atoms with Gasteiger partial charge in [-0.3, -0.25) is 14.5 Å². The number of amides is 1. The van der Waals surface area contributed by atoms with Gasteiger partial charge in [0.1, 0.15) is 36.2 Å². The third-order valence-corrected chi connectivity index (χ3v) is 6.55. The van der Waals surface area contributed by atoms with Crippen LogP contribution in [0, 0.1) is 5.82 Å². The first kappa shape index (κ1) is 26.3. The lowest BCUT2D eigenvalue weighted by atomic mass is 10.1. The summed E-state index contributed by atoms with van der Waals surface area (Å²) in [5, 5.41) is 0.154. The molecule has 190 valence electrons. The van der Waals surface area contributed by atoms with Crippen molar-refractivity contribution in [2.45, 2.75) is 6.61 Å². The maximum atomic E-state index is 13.5. The molecule has 7 nitrogen and oxygen atoms in total. The number of benzene rings is 3. The van der Waals surface area contributed by atoms with Gasteiger partial charge in [0.05, 0.1) is 24.4 Å². The van der Waals surface area contributed by atoms with Crippen molar-refractivity contribution in [3.63, 3.8) is 0 Å². The predicted molar refractivity (Wildman–Crippen MR) is 145 cm³/mol. The van der Waals surface area contributed by atoms with E-state index in [9.17, 15) is 14.0 Å². The number of hydrogen-bond acceptors (Lipinski definition) is 6. The Morgan fingerprint density at radius 1 is 1.08 bits per heavy atom.